The van der Waals surface area contributed by atoms with E-state index in [1.807, 2.05) is 44.2 Å². The van der Waals surface area contributed by atoms with Crippen molar-refractivity contribution >= 4 is 47.0 Å². The van der Waals surface area contributed by atoms with Crippen LogP contribution in [0.3, 0.4) is 0 Å². The number of nitrogens with zero attached hydrogens (tertiary/aromatic N) is 5. The molecule has 3 aromatic rings. The molecule has 45 heavy (non-hydrogen) atoms. The van der Waals surface area contributed by atoms with Gasteiger partial charge < -0.3 is 45.7 Å². The molecule has 0 saturated carbocycles. The largest absolute Gasteiger partial charge is 0.480 e. The average Bonchev–Trinajstić information content (AvgIpc) is 3.37. The molecule has 0 fully saturated rings. The van der Waals surface area contributed by atoms with Crippen LogP contribution in [0.15, 0.2) is 36.7 Å². The molecule has 0 unspecified atom stereocenters. The lowest BCUT2D eigenvalue weighted by molar-refractivity contribution is -0.144. The summed E-state index contributed by atoms with van der Waals surface area (Å²) in [6, 6.07) is 9.33. The Hall–Kier alpha value is -5.15. The summed E-state index contributed by atoms with van der Waals surface area (Å²) in [5, 5.41) is 17.6. The maximum atomic E-state index is 13.0. The summed E-state index contributed by atoms with van der Waals surface area (Å²) in [6.45, 7) is 9.14. The number of nitrogen functional groups attached to an aromatic ring is 1. The third-order valence-corrected chi connectivity index (χ3v) is 5.64. The van der Waals surface area contributed by atoms with E-state index >= 15 is 0 Å². The molecular formula is C29H43N9O7. The molecule has 0 atom stereocenters. The molecule has 0 spiro atoms. The molecule has 16 heteroatoms. The van der Waals surface area contributed by atoms with Gasteiger partial charge in [-0.15, -0.1) is 0 Å². The fourth-order valence-electron chi connectivity index (χ4n) is 3.77. The van der Waals surface area contributed by atoms with Gasteiger partial charge in [-0.05, 0) is 32.8 Å². The van der Waals surface area contributed by atoms with Crippen molar-refractivity contribution in [2.75, 3.05) is 43.8 Å². The minimum Gasteiger partial charge on any atom is -0.480 e. The minimum atomic E-state index is -1.21. The van der Waals surface area contributed by atoms with Crippen LogP contribution in [0.4, 0.5) is 21.4 Å². The van der Waals surface area contributed by atoms with Crippen LogP contribution >= 0.6 is 0 Å². The highest BCUT2D eigenvalue weighted by Gasteiger charge is 2.21. The van der Waals surface area contributed by atoms with Gasteiger partial charge in [0.2, 0.25) is 11.9 Å². The number of rotatable bonds is 14. The molecule has 0 saturated heterocycles. The number of aliphatic carboxylic acids is 1. The van der Waals surface area contributed by atoms with Crippen LogP contribution in [0.25, 0.3) is 11.2 Å². The minimum absolute atomic E-state index is 0.0125. The van der Waals surface area contributed by atoms with Crippen molar-refractivity contribution in [3.8, 4) is 0 Å². The topological polar surface area (TPSA) is 216 Å². The van der Waals surface area contributed by atoms with Crippen LogP contribution in [-0.2, 0) is 32.2 Å². The van der Waals surface area contributed by atoms with Crippen LogP contribution in [0.2, 0.25) is 0 Å². The van der Waals surface area contributed by atoms with E-state index in [0.29, 0.717) is 30.8 Å². The smallest absolute Gasteiger partial charge is 0.407 e. The van der Waals surface area contributed by atoms with Gasteiger partial charge in [0.05, 0.1) is 6.33 Å². The number of nitrogens with two attached hydrogens (primary N) is 1. The second kappa shape index (κ2) is 17.8. The van der Waals surface area contributed by atoms with Crippen LogP contribution in [0.5, 0.6) is 0 Å². The summed E-state index contributed by atoms with van der Waals surface area (Å²) in [4.78, 5) is 62.0. The summed E-state index contributed by atoms with van der Waals surface area (Å²) in [6.07, 6.45) is 0.705. The molecule has 0 radical (unpaired) electrons. The molecule has 3 amide bonds. The van der Waals surface area contributed by atoms with Gasteiger partial charge in [0.25, 0.3) is 0 Å². The van der Waals surface area contributed by atoms with E-state index < -0.39 is 36.2 Å². The van der Waals surface area contributed by atoms with E-state index in [0.717, 1.165) is 10.5 Å². The molecule has 1 aromatic carbocycles. The summed E-state index contributed by atoms with van der Waals surface area (Å²) < 4.78 is 11.8. The van der Waals surface area contributed by atoms with Crippen LogP contribution < -0.4 is 21.7 Å². The maximum Gasteiger partial charge on any atom is 0.407 e. The van der Waals surface area contributed by atoms with Crippen molar-refractivity contribution in [1.82, 2.24) is 35.1 Å². The Morgan fingerprint density at radius 1 is 1.00 bits per heavy atom. The number of hydrogen-bond acceptors (Lipinski definition) is 11. The number of alkyl carbamates (subject to hydrolysis) is 2. The van der Waals surface area contributed by atoms with Gasteiger partial charge in [-0.3, -0.25) is 9.59 Å². The van der Waals surface area contributed by atoms with E-state index in [9.17, 15) is 24.3 Å². The molecule has 0 aliphatic heterocycles. The highest BCUT2D eigenvalue weighted by Crippen LogP contribution is 2.20. The van der Waals surface area contributed by atoms with E-state index in [1.165, 1.54) is 10.9 Å². The number of nitrogens with one attached hydrogen (secondary N) is 3. The van der Waals surface area contributed by atoms with Crippen LogP contribution in [-0.4, -0.2) is 91.9 Å². The fraction of sp³-hybridized carbons (Fsp3) is 0.483. The maximum absolute atomic E-state index is 13.0. The quantitative estimate of drug-likeness (QED) is 0.163. The zero-order chi connectivity index (χ0) is 33.4. The predicted molar refractivity (Wildman–Crippen MR) is 167 cm³/mol. The molecule has 16 nitrogen and oxygen atoms in total. The molecule has 2 aromatic heterocycles. The third-order valence-electron chi connectivity index (χ3n) is 5.64. The lowest BCUT2D eigenvalue weighted by Gasteiger charge is -2.23. The lowest BCUT2D eigenvalue weighted by atomic mass is 10.2. The number of benzene rings is 1. The Kier molecular flexibility index (Phi) is 14.3. The molecule has 246 valence electrons. The van der Waals surface area contributed by atoms with Crippen molar-refractivity contribution in [1.29, 1.82) is 0 Å². The lowest BCUT2D eigenvalue weighted by Crippen LogP contribution is -2.43. The average molecular weight is 630 g/mol. The monoisotopic (exact) mass is 629 g/mol. The molecule has 3 rings (SSSR count). The van der Waals surface area contributed by atoms with Crippen LogP contribution in [0.1, 0.15) is 46.6 Å². The first-order valence-corrected chi connectivity index (χ1v) is 14.5. The van der Waals surface area contributed by atoms with Gasteiger partial charge in [-0.1, -0.05) is 44.2 Å². The van der Waals surface area contributed by atoms with Gasteiger partial charge in [-0.2, -0.15) is 9.97 Å². The van der Waals surface area contributed by atoms with Crippen molar-refractivity contribution in [2.45, 2.75) is 59.8 Å². The van der Waals surface area contributed by atoms with E-state index in [4.69, 9.17) is 15.2 Å². The fourth-order valence-corrected chi connectivity index (χ4v) is 3.77. The number of carbonyl (C=O) groups excluding carboxylic acids is 3. The number of fused-ring (bicyclic) bond motifs is 1. The third kappa shape index (κ3) is 12.9. The van der Waals surface area contributed by atoms with Gasteiger partial charge in [0, 0.05) is 26.2 Å². The van der Waals surface area contributed by atoms with Crippen molar-refractivity contribution in [3.63, 3.8) is 0 Å². The number of aromatic nitrogens is 4. The number of hydrogen-bond donors (Lipinski definition) is 5. The van der Waals surface area contributed by atoms with Gasteiger partial charge in [0.15, 0.2) is 17.0 Å². The number of ether oxygens (including phenoxy) is 2. The summed E-state index contributed by atoms with van der Waals surface area (Å²) in [5.74, 6) is -1.47. The van der Waals surface area contributed by atoms with Gasteiger partial charge in [-0.25, -0.2) is 14.6 Å². The van der Waals surface area contributed by atoms with E-state index in [-0.39, 0.29) is 37.8 Å². The number of carboxylic acids is 1. The standard InChI is InChI=1S/C27H37N9O7.C2H6/c1-27(2,3)43-26(41)31-12-13-35(15-20(38)39)19(37)14-36-17-32-21-22(33-24(28)34-23(21)36)29-10-7-11-30-25(40)42-16-18-8-5-4-6-9-18;1-2/h4-6,8-9,17H,7,10-16H2,1-3H3,(H,30,40)(H,31,41)(H,38,39)(H3,28,29,33,34);1-2H3. The summed E-state index contributed by atoms with van der Waals surface area (Å²) >= 11 is 0. The van der Waals surface area contributed by atoms with Gasteiger partial charge in [0.1, 0.15) is 25.3 Å². The van der Waals surface area contributed by atoms with Crippen LogP contribution in [0, 0.1) is 0 Å². The van der Waals surface area contributed by atoms with Gasteiger partial charge >= 0.3 is 18.2 Å². The summed E-state index contributed by atoms with van der Waals surface area (Å²) in [7, 11) is 0. The Labute approximate surface area is 261 Å². The van der Waals surface area contributed by atoms with Crippen molar-refractivity contribution < 1.29 is 33.8 Å². The number of anilines is 2. The molecule has 0 aliphatic rings. The van der Waals surface area contributed by atoms with Crippen molar-refractivity contribution in [2.24, 2.45) is 0 Å². The highest BCUT2D eigenvalue weighted by molar-refractivity contribution is 5.86. The Morgan fingerprint density at radius 3 is 2.36 bits per heavy atom. The first kappa shape index (κ1) is 36.0. The molecule has 2 heterocycles. The number of carbonyl (C=O) groups is 4. The summed E-state index contributed by atoms with van der Waals surface area (Å²) in [5.41, 5.74) is 6.71. The molecular weight excluding hydrogens is 586 g/mol. The first-order chi connectivity index (χ1) is 21.4. The molecule has 6 N–H and O–H groups in total. The molecule has 0 aliphatic carbocycles. The predicted octanol–water partition coefficient (Wildman–Crippen LogP) is 2.60. The number of imidazole rings is 1. The SMILES string of the molecule is CC.CC(C)(C)OC(=O)NCCN(CC(=O)O)C(=O)Cn1cnc2c(NCCCNC(=O)OCc3ccccc3)nc(N)nc21. The Bertz CT molecular complexity index is 1410. The Morgan fingerprint density at radius 2 is 1.69 bits per heavy atom. The second-order valence-electron chi connectivity index (χ2n) is 10.4. The Balaban J connectivity index is 0.00000345. The number of carboxylic acid groups (broad SMARTS) is 1. The zero-order valence-electron chi connectivity index (χ0n) is 26.3. The first-order valence-electron chi connectivity index (χ1n) is 14.5. The van der Waals surface area contributed by atoms with Crippen molar-refractivity contribution in [3.05, 3.63) is 42.2 Å². The zero-order valence-corrected chi connectivity index (χ0v) is 26.3. The van der Waals surface area contributed by atoms with E-state index in [1.54, 1.807) is 20.8 Å². The highest BCUT2D eigenvalue weighted by atomic mass is 16.6. The number of amides is 3. The second-order valence-corrected chi connectivity index (χ2v) is 10.4. The van der Waals surface area contributed by atoms with E-state index in [2.05, 4.69) is 30.9 Å². The normalized spacial score (nSPS) is 10.7. The molecule has 0 bridgehead atoms.